The molecular weight excluding hydrogens is 312 g/mol. The van der Waals surface area contributed by atoms with Crippen molar-refractivity contribution in [1.82, 2.24) is 0 Å². The summed E-state index contributed by atoms with van der Waals surface area (Å²) < 4.78 is 0. The number of amides is 2. The number of benzene rings is 2. The van der Waals surface area contributed by atoms with Crippen LogP contribution in [0.4, 0.5) is 11.4 Å². The van der Waals surface area contributed by atoms with Gasteiger partial charge in [0.25, 0.3) is 5.91 Å². The molecule has 2 aliphatic heterocycles. The lowest BCUT2D eigenvalue weighted by molar-refractivity contribution is -0.117. The monoisotopic (exact) mass is 326 g/mol. The Hall–Kier alpha value is -2.33. The maximum atomic E-state index is 12.5. The Labute approximate surface area is 139 Å². The van der Waals surface area contributed by atoms with Crippen LogP contribution >= 0.6 is 11.6 Å². The highest BCUT2D eigenvalue weighted by molar-refractivity contribution is 6.31. The summed E-state index contributed by atoms with van der Waals surface area (Å²) in [5.74, 6) is -0.0452. The van der Waals surface area contributed by atoms with Crippen molar-refractivity contribution in [3.8, 4) is 0 Å². The fourth-order valence-corrected chi connectivity index (χ4v) is 3.57. The maximum absolute atomic E-state index is 12.5. The molecule has 0 atom stereocenters. The second kappa shape index (κ2) is 5.39. The van der Waals surface area contributed by atoms with Crippen LogP contribution < -0.4 is 10.2 Å². The molecule has 1 N–H and O–H groups in total. The van der Waals surface area contributed by atoms with Crippen LogP contribution in [0.3, 0.4) is 0 Å². The van der Waals surface area contributed by atoms with Crippen LogP contribution in [0.5, 0.6) is 0 Å². The summed E-state index contributed by atoms with van der Waals surface area (Å²) in [6.45, 7) is 0.785. The predicted molar refractivity (Wildman–Crippen MR) is 90.2 cm³/mol. The van der Waals surface area contributed by atoms with E-state index in [4.69, 9.17) is 11.6 Å². The van der Waals surface area contributed by atoms with E-state index in [-0.39, 0.29) is 11.8 Å². The molecule has 2 amide bonds. The highest BCUT2D eigenvalue weighted by Gasteiger charge is 2.32. The van der Waals surface area contributed by atoms with E-state index in [9.17, 15) is 9.59 Å². The van der Waals surface area contributed by atoms with E-state index in [0.717, 1.165) is 36.2 Å². The van der Waals surface area contributed by atoms with Gasteiger partial charge in [-0.25, -0.2) is 0 Å². The predicted octanol–water partition coefficient (Wildman–Crippen LogP) is 3.43. The van der Waals surface area contributed by atoms with Gasteiger partial charge in [0.15, 0.2) is 0 Å². The molecule has 0 radical (unpaired) electrons. The Balaban J connectivity index is 1.67. The van der Waals surface area contributed by atoms with E-state index in [0.29, 0.717) is 22.7 Å². The zero-order valence-electron chi connectivity index (χ0n) is 12.4. The zero-order chi connectivity index (χ0) is 16.0. The number of nitrogens with one attached hydrogen (secondary N) is 1. The lowest BCUT2D eigenvalue weighted by Gasteiger charge is -2.25. The van der Waals surface area contributed by atoms with Crippen molar-refractivity contribution in [2.45, 2.75) is 19.3 Å². The number of halogens is 1. The average Bonchev–Trinajstić information content (AvgIpc) is 2.85. The molecule has 0 aromatic heterocycles. The highest BCUT2D eigenvalue weighted by Crippen LogP contribution is 2.37. The van der Waals surface area contributed by atoms with Crippen molar-refractivity contribution in [3.63, 3.8) is 0 Å². The Kier molecular flexibility index (Phi) is 3.34. The number of carbonyl (C=O) groups is 2. The van der Waals surface area contributed by atoms with Gasteiger partial charge >= 0.3 is 0 Å². The molecule has 4 nitrogen and oxygen atoms in total. The van der Waals surface area contributed by atoms with Gasteiger partial charge in [-0.3, -0.25) is 9.59 Å². The van der Waals surface area contributed by atoms with Crippen LogP contribution in [0.15, 0.2) is 36.4 Å². The van der Waals surface area contributed by atoms with Gasteiger partial charge < -0.3 is 10.2 Å². The summed E-state index contributed by atoms with van der Waals surface area (Å²) in [6.07, 6.45) is 2.24. The fourth-order valence-electron chi connectivity index (χ4n) is 3.38. The summed E-state index contributed by atoms with van der Waals surface area (Å²) in [5.41, 5.74) is 4.34. The Morgan fingerprint density at radius 1 is 1.17 bits per heavy atom. The fraction of sp³-hybridized carbons (Fsp3) is 0.222. The third-order valence-corrected chi connectivity index (χ3v) is 4.59. The number of carbonyl (C=O) groups excluding carboxylic acids is 2. The highest BCUT2D eigenvalue weighted by atomic mass is 35.5. The van der Waals surface area contributed by atoms with Gasteiger partial charge in [0, 0.05) is 22.8 Å². The molecule has 0 fully saturated rings. The van der Waals surface area contributed by atoms with Gasteiger partial charge in [-0.15, -0.1) is 0 Å². The first-order valence-electron chi connectivity index (χ1n) is 7.65. The number of nitrogens with zero attached hydrogens (tertiary/aromatic N) is 1. The molecular formula is C18H15ClN2O2. The molecule has 4 rings (SSSR count). The molecule has 2 aromatic carbocycles. The average molecular weight is 327 g/mol. The van der Waals surface area contributed by atoms with Crippen LogP contribution in [-0.4, -0.2) is 18.4 Å². The van der Waals surface area contributed by atoms with Crippen LogP contribution in [0.1, 0.15) is 27.9 Å². The quantitative estimate of drug-likeness (QED) is 0.919. The van der Waals surface area contributed by atoms with Gasteiger partial charge in [-0.05, 0) is 54.3 Å². The minimum absolute atomic E-state index is 0.133. The number of aryl methyl sites for hydroxylation is 1. The first-order chi connectivity index (χ1) is 11.1. The van der Waals surface area contributed by atoms with E-state index in [1.807, 2.05) is 17.0 Å². The van der Waals surface area contributed by atoms with Gasteiger partial charge in [0.1, 0.15) is 0 Å². The molecule has 0 saturated heterocycles. The molecule has 23 heavy (non-hydrogen) atoms. The van der Waals surface area contributed by atoms with Gasteiger partial charge in [-0.2, -0.15) is 0 Å². The molecule has 0 unspecified atom stereocenters. The van der Waals surface area contributed by atoms with Gasteiger partial charge in [0.2, 0.25) is 5.91 Å². The van der Waals surface area contributed by atoms with E-state index in [1.54, 1.807) is 24.3 Å². The largest absolute Gasteiger partial charge is 0.322 e. The number of hydrogen-bond donors (Lipinski definition) is 1. The van der Waals surface area contributed by atoms with Crippen LogP contribution in [0.25, 0.3) is 0 Å². The second-order valence-corrected chi connectivity index (χ2v) is 6.37. The van der Waals surface area contributed by atoms with Crippen molar-refractivity contribution < 1.29 is 9.59 Å². The smallest absolute Gasteiger partial charge is 0.255 e. The number of rotatable bonds is 2. The lowest BCUT2D eigenvalue weighted by atomic mass is 9.96. The normalized spacial score (nSPS) is 15.5. The molecule has 0 bridgehead atoms. The van der Waals surface area contributed by atoms with Crippen LogP contribution in [-0.2, 0) is 17.6 Å². The summed E-state index contributed by atoms with van der Waals surface area (Å²) in [7, 11) is 0. The van der Waals surface area contributed by atoms with E-state index in [2.05, 4.69) is 5.32 Å². The molecule has 5 heteroatoms. The van der Waals surface area contributed by atoms with Gasteiger partial charge in [-0.1, -0.05) is 17.7 Å². The van der Waals surface area contributed by atoms with E-state index in [1.165, 1.54) is 0 Å². The zero-order valence-corrected chi connectivity index (χ0v) is 13.2. The first kappa shape index (κ1) is 14.3. The SMILES string of the molecule is O=C(Nc1cccc(Cl)c1)c1cc2c3c(c1)CC(=O)N3CCC2. The molecule has 2 aliphatic rings. The van der Waals surface area contributed by atoms with E-state index < -0.39 is 0 Å². The molecule has 0 saturated carbocycles. The Bertz CT molecular complexity index is 832. The van der Waals surface area contributed by atoms with Crippen molar-refractivity contribution in [3.05, 3.63) is 58.1 Å². The maximum Gasteiger partial charge on any atom is 0.255 e. The molecule has 2 aromatic rings. The molecule has 0 aliphatic carbocycles. The van der Waals surface area contributed by atoms with Crippen LogP contribution in [0, 0.1) is 0 Å². The number of anilines is 2. The minimum Gasteiger partial charge on any atom is -0.322 e. The third kappa shape index (κ3) is 2.49. The summed E-state index contributed by atoms with van der Waals surface area (Å²) >= 11 is 5.94. The number of hydrogen-bond acceptors (Lipinski definition) is 2. The standard InChI is InChI=1S/C18H15ClN2O2/c19-14-4-1-5-15(10-14)20-18(23)13-7-11-3-2-6-21-16(22)9-12(8-13)17(11)21/h1,4-5,7-8,10H,2-3,6,9H2,(H,20,23). The minimum atomic E-state index is -0.178. The van der Waals surface area contributed by atoms with Crippen LogP contribution in [0.2, 0.25) is 5.02 Å². The van der Waals surface area contributed by atoms with Gasteiger partial charge in [0.05, 0.1) is 12.1 Å². The van der Waals surface area contributed by atoms with E-state index >= 15 is 0 Å². The second-order valence-electron chi connectivity index (χ2n) is 5.93. The molecule has 2 heterocycles. The summed E-state index contributed by atoms with van der Waals surface area (Å²) in [5, 5.41) is 3.44. The van der Waals surface area contributed by atoms with Crippen molar-refractivity contribution in [2.75, 3.05) is 16.8 Å². The molecule has 0 spiro atoms. The summed E-state index contributed by atoms with van der Waals surface area (Å²) in [6, 6.07) is 10.8. The summed E-state index contributed by atoms with van der Waals surface area (Å²) in [4.78, 5) is 26.4. The van der Waals surface area contributed by atoms with Crippen molar-refractivity contribution in [2.24, 2.45) is 0 Å². The van der Waals surface area contributed by atoms with Crippen molar-refractivity contribution >= 4 is 34.8 Å². The Morgan fingerprint density at radius 3 is 2.83 bits per heavy atom. The van der Waals surface area contributed by atoms with Crippen molar-refractivity contribution in [1.29, 1.82) is 0 Å². The first-order valence-corrected chi connectivity index (χ1v) is 8.03. The molecule has 116 valence electrons. The Morgan fingerprint density at radius 2 is 2.00 bits per heavy atom. The third-order valence-electron chi connectivity index (χ3n) is 4.35. The lowest BCUT2D eigenvalue weighted by Crippen LogP contribution is -2.31. The topological polar surface area (TPSA) is 49.4 Å².